The van der Waals surface area contributed by atoms with Gasteiger partial charge in [0.15, 0.2) is 5.16 Å². The van der Waals surface area contributed by atoms with Crippen LogP contribution in [0.1, 0.15) is 50.2 Å². The van der Waals surface area contributed by atoms with Gasteiger partial charge in [-0.25, -0.2) is 0 Å². The zero-order valence-corrected chi connectivity index (χ0v) is 13.1. The van der Waals surface area contributed by atoms with Crippen LogP contribution in [-0.2, 0) is 0 Å². The summed E-state index contributed by atoms with van der Waals surface area (Å²) in [5.41, 5.74) is 0. The summed E-state index contributed by atoms with van der Waals surface area (Å²) < 4.78 is 7.27. The smallest absolute Gasteiger partial charge is 0.401 e. The normalized spacial score (nSPS) is 15.0. The van der Waals surface area contributed by atoms with E-state index in [1.807, 2.05) is 5.41 Å². The molecule has 1 saturated carbocycles. The number of hydrogen-bond donors (Lipinski definition) is 0. The van der Waals surface area contributed by atoms with Crippen molar-refractivity contribution in [2.45, 2.75) is 43.8 Å². The second-order valence-corrected chi connectivity index (χ2v) is 6.32. The van der Waals surface area contributed by atoms with Crippen LogP contribution in [0.5, 0.6) is 0 Å². The van der Waals surface area contributed by atoms with E-state index in [1.165, 1.54) is 30.7 Å². The van der Waals surface area contributed by atoms with Crippen molar-refractivity contribution < 1.29 is 9.34 Å². The molecule has 0 aliphatic heterocycles. The molecule has 0 saturated heterocycles. The van der Waals surface area contributed by atoms with Gasteiger partial charge in [-0.1, -0.05) is 25.6 Å². The van der Waals surface area contributed by atoms with Crippen LogP contribution in [0.3, 0.4) is 0 Å². The zero-order chi connectivity index (χ0) is 15.7. The molecule has 3 rings (SSSR count). The second kappa shape index (κ2) is 5.96. The molecule has 0 spiro atoms. The Balaban J connectivity index is 1.73. The molecule has 1 aliphatic carbocycles. The summed E-state index contributed by atoms with van der Waals surface area (Å²) in [6, 6.07) is 3.42. The molecule has 22 heavy (non-hydrogen) atoms. The highest BCUT2D eigenvalue weighted by Gasteiger charge is 2.30. The largest absolute Gasteiger partial charge is 0.433 e. The number of hydrogen-bond acceptors (Lipinski definition) is 6. The van der Waals surface area contributed by atoms with Gasteiger partial charge in [0.25, 0.3) is 0 Å². The lowest BCUT2D eigenvalue weighted by molar-refractivity contribution is -0.402. The van der Waals surface area contributed by atoms with Gasteiger partial charge in [0, 0.05) is 12.0 Å². The summed E-state index contributed by atoms with van der Waals surface area (Å²) in [7, 11) is 0. The molecule has 8 heteroatoms. The molecular formula is C14H16N4O3S. The van der Waals surface area contributed by atoms with Gasteiger partial charge in [-0.15, -0.1) is 10.2 Å². The van der Waals surface area contributed by atoms with Gasteiger partial charge in [0.2, 0.25) is 0 Å². The Labute approximate surface area is 131 Å². The number of furan rings is 1. The van der Waals surface area contributed by atoms with Crippen molar-refractivity contribution in [3.05, 3.63) is 39.2 Å². The zero-order valence-electron chi connectivity index (χ0n) is 12.3. The van der Waals surface area contributed by atoms with E-state index in [0.29, 0.717) is 17.7 Å². The lowest BCUT2D eigenvalue weighted by Crippen LogP contribution is -2.04. The van der Waals surface area contributed by atoms with Crippen LogP contribution in [0.4, 0.5) is 5.88 Å². The van der Waals surface area contributed by atoms with E-state index in [4.69, 9.17) is 4.42 Å². The maximum absolute atomic E-state index is 10.6. The average Bonchev–Trinajstić information content (AvgIpc) is 3.03. The van der Waals surface area contributed by atoms with E-state index < -0.39 is 4.92 Å². The Morgan fingerprint density at radius 1 is 1.45 bits per heavy atom. The van der Waals surface area contributed by atoms with Gasteiger partial charge in [-0.2, -0.15) is 0 Å². The van der Waals surface area contributed by atoms with Gasteiger partial charge in [0.1, 0.15) is 16.5 Å². The minimum atomic E-state index is -0.552. The number of nitrogens with zero attached hydrogens (tertiary/aromatic N) is 4. The minimum absolute atomic E-state index is 0.257. The number of thioether (sulfide) groups is 1. The van der Waals surface area contributed by atoms with Crippen LogP contribution < -0.4 is 0 Å². The molecule has 1 aliphatic rings. The molecule has 2 aromatic rings. The molecule has 116 valence electrons. The van der Waals surface area contributed by atoms with Gasteiger partial charge < -0.3 is 8.98 Å². The quantitative estimate of drug-likeness (QED) is 0.454. The summed E-state index contributed by atoms with van der Waals surface area (Å²) in [4.78, 5) is 10.0. The Bertz CT molecular complexity index is 715. The van der Waals surface area contributed by atoms with Crippen molar-refractivity contribution >= 4 is 23.7 Å². The van der Waals surface area contributed by atoms with Crippen molar-refractivity contribution in [1.29, 1.82) is 0 Å². The van der Waals surface area contributed by atoms with Crippen molar-refractivity contribution in [3.63, 3.8) is 0 Å². The van der Waals surface area contributed by atoms with E-state index >= 15 is 0 Å². The predicted octanol–water partition coefficient (Wildman–Crippen LogP) is 4.00. The van der Waals surface area contributed by atoms with Crippen molar-refractivity contribution in [2.24, 2.45) is 0 Å². The summed E-state index contributed by atoms with van der Waals surface area (Å²) >= 11 is 1.45. The Morgan fingerprint density at radius 3 is 2.82 bits per heavy atom. The topological polar surface area (TPSA) is 87.0 Å². The van der Waals surface area contributed by atoms with Gasteiger partial charge >= 0.3 is 5.88 Å². The molecule has 0 atom stereocenters. The van der Waals surface area contributed by atoms with Gasteiger partial charge in [-0.05, 0) is 30.4 Å². The molecule has 0 radical (unpaired) electrons. The fourth-order valence-electron chi connectivity index (χ4n) is 2.13. The monoisotopic (exact) mass is 320 g/mol. The standard InChI is InChI=1S/C14H16N4O3S/c1-9(2)13-15-16-14(17(13)10-3-4-10)22-8-7-11-5-6-12(21-11)18(19)20/h5-10H,3-4H2,1-2H3/b8-7+. The van der Waals surface area contributed by atoms with Crippen molar-refractivity contribution in [3.8, 4) is 0 Å². The first-order chi connectivity index (χ1) is 10.6. The summed E-state index contributed by atoms with van der Waals surface area (Å²) in [5, 5.41) is 21.8. The third-order valence-corrected chi connectivity index (χ3v) is 4.08. The third-order valence-electron chi connectivity index (χ3n) is 3.32. The SMILES string of the molecule is CC(C)c1nnc(S/C=C/c2ccc([N+](=O)[O-])o2)n1C1CC1. The molecule has 0 N–H and O–H groups in total. The Kier molecular flexibility index (Phi) is 4.02. The first-order valence-corrected chi connectivity index (χ1v) is 7.96. The molecular weight excluding hydrogens is 304 g/mol. The maximum atomic E-state index is 10.6. The first-order valence-electron chi connectivity index (χ1n) is 7.08. The fraction of sp³-hybridized carbons (Fsp3) is 0.429. The van der Waals surface area contributed by atoms with Crippen LogP contribution >= 0.6 is 11.8 Å². The average molecular weight is 320 g/mol. The van der Waals surface area contributed by atoms with Crippen LogP contribution in [0.2, 0.25) is 0 Å². The van der Waals surface area contributed by atoms with E-state index in [2.05, 4.69) is 28.6 Å². The lowest BCUT2D eigenvalue weighted by Gasteiger charge is -2.09. The molecule has 2 aromatic heterocycles. The molecule has 1 fully saturated rings. The highest BCUT2D eigenvalue weighted by Crippen LogP contribution is 2.40. The van der Waals surface area contributed by atoms with Crippen molar-refractivity contribution in [2.75, 3.05) is 0 Å². The van der Waals surface area contributed by atoms with Gasteiger partial charge in [0.05, 0.1) is 6.07 Å². The molecule has 0 aromatic carbocycles. The van der Waals surface area contributed by atoms with Crippen LogP contribution in [0.15, 0.2) is 27.1 Å². The molecule has 0 amide bonds. The van der Waals surface area contributed by atoms with E-state index in [0.717, 1.165) is 11.0 Å². The molecule has 7 nitrogen and oxygen atoms in total. The van der Waals surface area contributed by atoms with Crippen LogP contribution in [0, 0.1) is 10.1 Å². The summed E-state index contributed by atoms with van der Waals surface area (Å²) in [5.74, 6) is 1.53. The number of aromatic nitrogens is 3. The third kappa shape index (κ3) is 3.06. The predicted molar refractivity (Wildman–Crippen MR) is 82.6 cm³/mol. The lowest BCUT2D eigenvalue weighted by atomic mass is 10.2. The minimum Gasteiger partial charge on any atom is -0.401 e. The van der Waals surface area contributed by atoms with E-state index in [-0.39, 0.29) is 5.88 Å². The Morgan fingerprint density at radius 2 is 2.23 bits per heavy atom. The van der Waals surface area contributed by atoms with Crippen molar-refractivity contribution in [1.82, 2.24) is 14.8 Å². The molecule has 2 heterocycles. The Hall–Kier alpha value is -2.09. The molecule has 0 bridgehead atoms. The molecule has 0 unspecified atom stereocenters. The summed E-state index contributed by atoms with van der Waals surface area (Å²) in [6.07, 6.45) is 4.03. The number of nitro groups is 1. The summed E-state index contributed by atoms with van der Waals surface area (Å²) in [6.45, 7) is 4.21. The highest BCUT2D eigenvalue weighted by molar-refractivity contribution is 8.02. The van der Waals surface area contributed by atoms with Crippen LogP contribution in [0.25, 0.3) is 6.08 Å². The highest BCUT2D eigenvalue weighted by atomic mass is 32.2. The second-order valence-electron chi connectivity index (χ2n) is 5.45. The fourth-order valence-corrected chi connectivity index (χ4v) is 2.90. The first kappa shape index (κ1) is 14.8. The number of rotatable bonds is 6. The maximum Gasteiger partial charge on any atom is 0.433 e. The van der Waals surface area contributed by atoms with Gasteiger partial charge in [-0.3, -0.25) is 10.1 Å². The van der Waals surface area contributed by atoms with E-state index in [9.17, 15) is 10.1 Å². The van der Waals surface area contributed by atoms with E-state index in [1.54, 1.807) is 12.1 Å². The van der Waals surface area contributed by atoms with Crippen LogP contribution in [-0.4, -0.2) is 19.7 Å².